The predicted molar refractivity (Wildman–Crippen MR) is 187 cm³/mol. The Bertz CT molecular complexity index is 1350. The first kappa shape index (κ1) is 41.2. The number of fused-ring (bicyclic) bond motifs is 1. The number of nitrogens with two attached hydrogens (primary N) is 2. The van der Waals surface area contributed by atoms with Gasteiger partial charge in [0.2, 0.25) is 0 Å². The maximum absolute atomic E-state index is 13.0. The Labute approximate surface area is 293 Å². The molecule has 49 heavy (non-hydrogen) atoms. The van der Waals surface area contributed by atoms with Crippen LogP contribution in [0.25, 0.3) is 0 Å². The van der Waals surface area contributed by atoms with E-state index < -0.39 is 47.8 Å². The molecule has 0 fully saturated rings. The van der Waals surface area contributed by atoms with Gasteiger partial charge >= 0.3 is 18.1 Å². The molecule has 0 radical (unpaired) electrons. The van der Waals surface area contributed by atoms with Crippen LogP contribution in [0.2, 0.25) is 0 Å². The molecule has 4 unspecified atom stereocenters. The molecule has 0 spiro atoms. The van der Waals surface area contributed by atoms with Crippen molar-refractivity contribution in [3.8, 4) is 11.5 Å². The van der Waals surface area contributed by atoms with Gasteiger partial charge in [0, 0.05) is 44.8 Å². The maximum atomic E-state index is 13.0. The zero-order valence-corrected chi connectivity index (χ0v) is 29.9. The molecule has 276 valence electrons. The molecule has 0 aromatic heterocycles. The number of hydrogen-bond acceptors (Lipinski definition) is 7. The third kappa shape index (κ3) is 12.5. The van der Waals surface area contributed by atoms with E-state index in [-0.39, 0.29) is 22.8 Å². The van der Waals surface area contributed by atoms with E-state index in [0.29, 0.717) is 30.9 Å². The summed E-state index contributed by atoms with van der Waals surface area (Å²) in [7, 11) is -1.39. The molecule has 6 nitrogen and oxygen atoms in total. The highest BCUT2D eigenvalue weighted by Crippen LogP contribution is 2.52. The van der Waals surface area contributed by atoms with Gasteiger partial charge in [0.25, 0.3) is 0 Å². The van der Waals surface area contributed by atoms with Crippen LogP contribution in [0.1, 0.15) is 107 Å². The maximum Gasteiger partial charge on any atom is 0.453 e. The van der Waals surface area contributed by atoms with Crippen molar-refractivity contribution < 1.29 is 40.8 Å². The number of benzene rings is 2. The van der Waals surface area contributed by atoms with E-state index in [9.17, 15) is 36.1 Å². The molecule has 0 aliphatic carbocycles. The van der Waals surface area contributed by atoms with Crippen LogP contribution >= 0.6 is 11.8 Å². The van der Waals surface area contributed by atoms with Crippen molar-refractivity contribution >= 4 is 28.5 Å². The van der Waals surface area contributed by atoms with Crippen LogP contribution in [0, 0.1) is 0 Å². The number of carbonyl (C=O) groups is 1. The fourth-order valence-electron chi connectivity index (χ4n) is 6.28. The molecule has 13 heteroatoms. The summed E-state index contributed by atoms with van der Waals surface area (Å²) in [5.41, 5.74) is 13.7. The minimum atomic E-state index is -5.57. The van der Waals surface area contributed by atoms with E-state index in [0.717, 1.165) is 74.0 Å². The number of phenols is 1. The minimum absolute atomic E-state index is 0.144. The van der Waals surface area contributed by atoms with E-state index in [1.165, 1.54) is 5.56 Å². The van der Waals surface area contributed by atoms with Gasteiger partial charge in [-0.15, -0.1) is 11.8 Å². The molecule has 2 aromatic carbocycles. The van der Waals surface area contributed by atoms with Crippen molar-refractivity contribution in [1.29, 1.82) is 0 Å². The normalized spacial score (nSPS) is 19.3. The lowest BCUT2D eigenvalue weighted by Crippen LogP contribution is -2.36. The Balaban J connectivity index is 1.47. The quantitative estimate of drug-likeness (QED) is 0.0509. The topological polar surface area (TPSA) is 116 Å². The molecule has 0 amide bonds. The first-order valence-corrected chi connectivity index (χ1v) is 19.7. The third-order valence-electron chi connectivity index (χ3n) is 9.32. The zero-order chi connectivity index (χ0) is 36.1. The molecule has 1 aliphatic heterocycles. The monoisotopic (exact) mass is 734 g/mol. The fourth-order valence-corrected chi connectivity index (χ4v) is 8.88. The summed E-state index contributed by atoms with van der Waals surface area (Å²) in [6, 6.07) is 12.6. The second-order valence-corrected chi connectivity index (χ2v) is 15.9. The molecule has 0 saturated carbocycles. The highest BCUT2D eigenvalue weighted by molar-refractivity contribution is 7.99. The highest BCUT2D eigenvalue weighted by atomic mass is 32.2. The highest BCUT2D eigenvalue weighted by Gasteiger charge is 2.56. The lowest BCUT2D eigenvalue weighted by atomic mass is 9.68. The molecule has 0 saturated heterocycles. The van der Waals surface area contributed by atoms with Crippen molar-refractivity contribution in [2.24, 2.45) is 11.5 Å². The first-order chi connectivity index (χ1) is 23.2. The van der Waals surface area contributed by atoms with Gasteiger partial charge in [-0.2, -0.15) is 22.0 Å². The number of esters is 1. The standard InChI is InChI=1S/C36H51F5N2O4S2/c1-34(26-14-17-28(18-15-26)47-33(45)31(43)13-8-9-21-42)25-48-32-24-27(44)16-19-29(32)30(34)12-7-5-3-2-4-6-10-22-49(46)23-11-20-35(37,38)36(39,40)41/h14-19,24,30-31,44H,2-13,20-23,25,42-43H2,1H3. The van der Waals surface area contributed by atoms with Crippen molar-refractivity contribution in [3.63, 3.8) is 0 Å². The Morgan fingerprint density at radius 2 is 1.59 bits per heavy atom. The molecule has 5 N–H and O–H groups in total. The summed E-state index contributed by atoms with van der Waals surface area (Å²) in [5.74, 6) is -3.29. The SMILES string of the molecule is CC1(c2ccc(OC(=O)C(N)CCCCN)cc2)CSc2cc(O)ccc2C1CCCCCCCCCS(=O)CCCC(F)(F)C(F)(F)F. The minimum Gasteiger partial charge on any atom is -0.508 e. The van der Waals surface area contributed by atoms with Crippen molar-refractivity contribution in [2.45, 2.75) is 125 Å². The van der Waals surface area contributed by atoms with Crippen LogP contribution in [-0.2, 0) is 21.0 Å². The Morgan fingerprint density at radius 1 is 0.959 bits per heavy atom. The Morgan fingerprint density at radius 3 is 2.24 bits per heavy atom. The molecule has 2 aromatic rings. The molecule has 1 heterocycles. The molecule has 1 aliphatic rings. The second-order valence-electron chi connectivity index (χ2n) is 13.2. The fraction of sp³-hybridized carbons (Fsp3) is 0.639. The smallest absolute Gasteiger partial charge is 0.453 e. The van der Waals surface area contributed by atoms with E-state index in [1.54, 1.807) is 17.8 Å². The van der Waals surface area contributed by atoms with Gasteiger partial charge in [0.15, 0.2) is 0 Å². The molecular weight excluding hydrogens is 684 g/mol. The van der Waals surface area contributed by atoms with Crippen LogP contribution in [0.3, 0.4) is 0 Å². The van der Waals surface area contributed by atoms with Crippen LogP contribution in [0.15, 0.2) is 47.4 Å². The van der Waals surface area contributed by atoms with Crippen LogP contribution < -0.4 is 16.2 Å². The predicted octanol–water partition coefficient (Wildman–Crippen LogP) is 8.75. The van der Waals surface area contributed by atoms with Gasteiger partial charge in [-0.05, 0) is 80.0 Å². The number of unbranched alkanes of at least 4 members (excludes halogenated alkanes) is 7. The average molecular weight is 735 g/mol. The van der Waals surface area contributed by atoms with E-state index in [4.69, 9.17) is 16.2 Å². The van der Waals surface area contributed by atoms with Crippen LogP contribution in [0.5, 0.6) is 11.5 Å². The molecule has 0 bridgehead atoms. The van der Waals surface area contributed by atoms with Crippen molar-refractivity contribution in [2.75, 3.05) is 23.8 Å². The number of aromatic hydroxyl groups is 1. The largest absolute Gasteiger partial charge is 0.508 e. The number of halogens is 5. The molecule has 3 rings (SSSR count). The summed E-state index contributed by atoms with van der Waals surface area (Å²) in [4.78, 5) is 13.6. The van der Waals surface area contributed by atoms with Gasteiger partial charge in [-0.3, -0.25) is 4.21 Å². The van der Waals surface area contributed by atoms with Crippen LogP contribution in [0.4, 0.5) is 22.0 Å². The molecule has 4 atom stereocenters. The lowest BCUT2D eigenvalue weighted by Gasteiger charge is -2.43. The summed E-state index contributed by atoms with van der Waals surface area (Å²) in [6.45, 7) is 2.82. The van der Waals surface area contributed by atoms with Gasteiger partial charge < -0.3 is 21.3 Å². The van der Waals surface area contributed by atoms with Crippen molar-refractivity contribution in [1.82, 2.24) is 0 Å². The number of thioether (sulfide) groups is 1. The summed E-state index contributed by atoms with van der Waals surface area (Å²) in [6.07, 6.45) is 2.25. The summed E-state index contributed by atoms with van der Waals surface area (Å²) < 4.78 is 80.4. The van der Waals surface area contributed by atoms with E-state index in [2.05, 4.69) is 6.92 Å². The van der Waals surface area contributed by atoms with Gasteiger partial charge in [-0.25, -0.2) is 4.79 Å². The number of alkyl halides is 5. The number of rotatable bonds is 21. The lowest BCUT2D eigenvalue weighted by molar-refractivity contribution is -0.284. The third-order valence-corrected chi connectivity index (χ3v) is 12.2. The van der Waals surface area contributed by atoms with Gasteiger partial charge in [0.05, 0.1) is 0 Å². The number of hydrogen-bond donors (Lipinski definition) is 3. The summed E-state index contributed by atoms with van der Waals surface area (Å²) in [5, 5.41) is 10.1. The number of phenolic OH excluding ortho intramolecular Hbond substituents is 1. The van der Waals surface area contributed by atoms with E-state index >= 15 is 0 Å². The number of carbonyl (C=O) groups excluding carboxylic acids is 1. The average Bonchev–Trinajstić information content (AvgIpc) is 3.04. The number of ether oxygens (including phenoxy) is 1. The van der Waals surface area contributed by atoms with E-state index in [1.807, 2.05) is 36.4 Å². The Hall–Kier alpha value is -2.22. The first-order valence-electron chi connectivity index (χ1n) is 17.2. The van der Waals surface area contributed by atoms with Crippen LogP contribution in [-0.4, -0.2) is 57.2 Å². The zero-order valence-electron chi connectivity index (χ0n) is 28.2. The van der Waals surface area contributed by atoms with Crippen molar-refractivity contribution in [3.05, 3.63) is 53.6 Å². The van der Waals surface area contributed by atoms with Gasteiger partial charge in [0.1, 0.15) is 17.5 Å². The summed E-state index contributed by atoms with van der Waals surface area (Å²) >= 11 is 1.73. The Kier molecular flexibility index (Phi) is 16.3. The molecular formula is C36H51F5N2O4S2. The van der Waals surface area contributed by atoms with Gasteiger partial charge in [-0.1, -0.05) is 70.1 Å². The second kappa shape index (κ2) is 19.4.